The fourth-order valence-electron chi connectivity index (χ4n) is 3.47. The van der Waals surface area contributed by atoms with Gasteiger partial charge in [0.1, 0.15) is 0 Å². The summed E-state index contributed by atoms with van der Waals surface area (Å²) in [4.78, 5) is 12.2. The molecule has 2 heterocycles. The van der Waals surface area contributed by atoms with Gasteiger partial charge in [-0.3, -0.25) is 9.48 Å². The lowest BCUT2D eigenvalue weighted by Crippen LogP contribution is -2.26. The third kappa shape index (κ3) is 3.20. The van der Waals surface area contributed by atoms with Crippen LogP contribution < -0.4 is 5.32 Å². The summed E-state index contributed by atoms with van der Waals surface area (Å²) in [7, 11) is 2.08. The van der Waals surface area contributed by atoms with Crippen LogP contribution >= 0.6 is 0 Å². The van der Waals surface area contributed by atoms with E-state index in [1.807, 2.05) is 23.0 Å². The molecule has 0 radical (unpaired) electrons. The van der Waals surface area contributed by atoms with Gasteiger partial charge in [-0.05, 0) is 36.2 Å². The van der Waals surface area contributed by atoms with Gasteiger partial charge in [-0.1, -0.05) is 24.3 Å². The van der Waals surface area contributed by atoms with E-state index in [0.717, 1.165) is 18.5 Å². The Hall–Kier alpha value is -3.08. The minimum atomic E-state index is 0.0602. The van der Waals surface area contributed by atoms with Crippen LogP contribution in [0.5, 0.6) is 0 Å². The van der Waals surface area contributed by atoms with E-state index in [4.69, 9.17) is 0 Å². The average molecular weight is 346 g/mol. The molecule has 2 aromatic carbocycles. The highest BCUT2D eigenvalue weighted by Crippen LogP contribution is 2.28. The zero-order valence-corrected chi connectivity index (χ0v) is 14.9. The predicted molar refractivity (Wildman–Crippen MR) is 104 cm³/mol. The SMILES string of the molecule is Cn1c2ccccc2c2cc(CC(=O)NCCCn3cccn3)ccc21. The molecule has 5 heteroatoms. The second-order valence-electron chi connectivity index (χ2n) is 6.58. The second kappa shape index (κ2) is 7.04. The van der Waals surface area contributed by atoms with Crippen molar-refractivity contribution in [1.82, 2.24) is 19.7 Å². The van der Waals surface area contributed by atoms with Crippen molar-refractivity contribution in [3.05, 3.63) is 66.5 Å². The van der Waals surface area contributed by atoms with E-state index in [-0.39, 0.29) is 5.91 Å². The molecule has 132 valence electrons. The molecule has 0 saturated carbocycles. The Kier molecular flexibility index (Phi) is 4.44. The van der Waals surface area contributed by atoms with Gasteiger partial charge in [0.05, 0.1) is 6.42 Å². The first-order valence-corrected chi connectivity index (χ1v) is 8.92. The average Bonchev–Trinajstić information content (AvgIpc) is 3.27. The van der Waals surface area contributed by atoms with Crippen LogP contribution in [0.15, 0.2) is 60.9 Å². The van der Waals surface area contributed by atoms with E-state index >= 15 is 0 Å². The third-order valence-electron chi connectivity index (χ3n) is 4.79. The van der Waals surface area contributed by atoms with Crippen molar-refractivity contribution < 1.29 is 4.79 Å². The van der Waals surface area contributed by atoms with E-state index in [0.29, 0.717) is 13.0 Å². The molecule has 26 heavy (non-hydrogen) atoms. The fraction of sp³-hybridized carbons (Fsp3) is 0.238. The summed E-state index contributed by atoms with van der Waals surface area (Å²) in [5.41, 5.74) is 3.44. The van der Waals surface area contributed by atoms with Crippen molar-refractivity contribution in [2.75, 3.05) is 6.54 Å². The summed E-state index contributed by atoms with van der Waals surface area (Å²) >= 11 is 0. The van der Waals surface area contributed by atoms with Crippen LogP contribution in [0, 0.1) is 0 Å². The number of hydrogen-bond acceptors (Lipinski definition) is 2. The van der Waals surface area contributed by atoms with Gasteiger partial charge in [-0.15, -0.1) is 0 Å². The molecule has 1 amide bonds. The number of carbonyl (C=O) groups is 1. The Bertz CT molecular complexity index is 1050. The molecule has 2 aromatic heterocycles. The Labute approximate surface area is 152 Å². The van der Waals surface area contributed by atoms with Gasteiger partial charge in [0.2, 0.25) is 5.91 Å². The number of rotatable bonds is 6. The number of carbonyl (C=O) groups excluding carboxylic acids is 1. The Morgan fingerprint density at radius 2 is 1.92 bits per heavy atom. The van der Waals surface area contributed by atoms with Gasteiger partial charge in [0, 0.05) is 54.3 Å². The van der Waals surface area contributed by atoms with Crippen LogP contribution in [0.1, 0.15) is 12.0 Å². The molecule has 0 saturated heterocycles. The molecule has 5 nitrogen and oxygen atoms in total. The van der Waals surface area contributed by atoms with Gasteiger partial charge in [0.25, 0.3) is 0 Å². The van der Waals surface area contributed by atoms with Crippen molar-refractivity contribution >= 4 is 27.7 Å². The monoisotopic (exact) mass is 346 g/mol. The topological polar surface area (TPSA) is 51.9 Å². The molecule has 1 N–H and O–H groups in total. The number of para-hydroxylation sites is 1. The van der Waals surface area contributed by atoms with E-state index in [9.17, 15) is 4.79 Å². The summed E-state index contributed by atoms with van der Waals surface area (Å²) in [6.45, 7) is 1.48. The zero-order valence-electron chi connectivity index (χ0n) is 14.9. The fourth-order valence-corrected chi connectivity index (χ4v) is 3.47. The Morgan fingerprint density at radius 1 is 1.08 bits per heavy atom. The number of hydrogen-bond donors (Lipinski definition) is 1. The van der Waals surface area contributed by atoms with Crippen molar-refractivity contribution in [3.63, 3.8) is 0 Å². The lowest BCUT2D eigenvalue weighted by Gasteiger charge is -2.06. The van der Waals surface area contributed by atoms with Gasteiger partial charge < -0.3 is 9.88 Å². The molecule has 0 bridgehead atoms. The Morgan fingerprint density at radius 3 is 2.77 bits per heavy atom. The summed E-state index contributed by atoms with van der Waals surface area (Å²) < 4.78 is 4.07. The number of aryl methyl sites for hydroxylation is 2. The molecule has 0 aliphatic carbocycles. The number of fused-ring (bicyclic) bond motifs is 3. The van der Waals surface area contributed by atoms with Crippen LogP contribution in [0.4, 0.5) is 0 Å². The maximum atomic E-state index is 12.2. The number of benzene rings is 2. The first kappa shape index (κ1) is 16.4. The number of nitrogens with one attached hydrogen (secondary N) is 1. The minimum Gasteiger partial charge on any atom is -0.356 e. The number of nitrogens with zero attached hydrogens (tertiary/aromatic N) is 3. The summed E-state index contributed by atoms with van der Waals surface area (Å²) in [5, 5.41) is 9.59. The largest absolute Gasteiger partial charge is 0.356 e. The molecular formula is C21H22N4O. The molecule has 0 aliphatic rings. The molecule has 0 unspecified atom stereocenters. The maximum absolute atomic E-state index is 12.2. The van der Waals surface area contributed by atoms with E-state index in [1.54, 1.807) is 6.20 Å². The van der Waals surface area contributed by atoms with Gasteiger partial charge in [-0.2, -0.15) is 5.10 Å². The maximum Gasteiger partial charge on any atom is 0.224 e. The summed E-state index contributed by atoms with van der Waals surface area (Å²) in [6.07, 6.45) is 4.97. The van der Waals surface area contributed by atoms with Crippen LogP contribution in [0.3, 0.4) is 0 Å². The van der Waals surface area contributed by atoms with Crippen LogP contribution in [0.25, 0.3) is 21.8 Å². The third-order valence-corrected chi connectivity index (χ3v) is 4.79. The van der Waals surface area contributed by atoms with Crippen molar-refractivity contribution in [3.8, 4) is 0 Å². The van der Waals surface area contributed by atoms with Crippen LogP contribution in [-0.4, -0.2) is 26.8 Å². The lowest BCUT2D eigenvalue weighted by atomic mass is 10.1. The summed E-state index contributed by atoms with van der Waals surface area (Å²) in [6, 6.07) is 16.6. The smallest absolute Gasteiger partial charge is 0.224 e. The summed E-state index contributed by atoms with van der Waals surface area (Å²) in [5.74, 6) is 0.0602. The highest BCUT2D eigenvalue weighted by Gasteiger charge is 2.10. The number of aromatic nitrogens is 3. The van der Waals surface area contributed by atoms with E-state index in [2.05, 4.69) is 58.4 Å². The van der Waals surface area contributed by atoms with Gasteiger partial charge >= 0.3 is 0 Å². The predicted octanol–water partition coefficient (Wildman–Crippen LogP) is 3.28. The van der Waals surface area contributed by atoms with Gasteiger partial charge in [0.15, 0.2) is 0 Å². The highest BCUT2D eigenvalue weighted by molar-refractivity contribution is 6.08. The molecular weight excluding hydrogens is 324 g/mol. The van der Waals surface area contributed by atoms with Crippen molar-refractivity contribution in [2.45, 2.75) is 19.4 Å². The molecule has 4 rings (SSSR count). The van der Waals surface area contributed by atoms with Crippen molar-refractivity contribution in [1.29, 1.82) is 0 Å². The molecule has 0 fully saturated rings. The second-order valence-corrected chi connectivity index (χ2v) is 6.58. The molecule has 0 aliphatic heterocycles. The van der Waals surface area contributed by atoms with Gasteiger partial charge in [-0.25, -0.2) is 0 Å². The first-order valence-electron chi connectivity index (χ1n) is 8.92. The standard InChI is InChI=1S/C21H22N4O/c1-24-19-7-3-2-6-17(19)18-14-16(8-9-20(18)24)15-21(26)22-10-4-12-25-13-5-11-23-25/h2-3,5-9,11,13-14H,4,10,12,15H2,1H3,(H,22,26). The lowest BCUT2D eigenvalue weighted by molar-refractivity contribution is -0.120. The number of amides is 1. The molecule has 0 atom stereocenters. The van der Waals surface area contributed by atoms with Crippen LogP contribution in [-0.2, 0) is 24.8 Å². The Balaban J connectivity index is 1.42. The minimum absolute atomic E-state index is 0.0602. The van der Waals surface area contributed by atoms with Crippen LogP contribution in [0.2, 0.25) is 0 Å². The van der Waals surface area contributed by atoms with Crippen molar-refractivity contribution in [2.24, 2.45) is 7.05 Å². The normalized spacial score (nSPS) is 11.3. The first-order chi connectivity index (χ1) is 12.7. The van der Waals surface area contributed by atoms with E-state index in [1.165, 1.54) is 21.8 Å². The quantitative estimate of drug-likeness (QED) is 0.545. The highest BCUT2D eigenvalue weighted by atomic mass is 16.1. The molecule has 0 spiro atoms. The van der Waals surface area contributed by atoms with E-state index < -0.39 is 0 Å². The molecule has 4 aromatic rings. The zero-order chi connectivity index (χ0) is 17.9.